The Kier molecular flexibility index (Phi) is 9.33. The number of likely N-dealkylation sites (N-methyl/N-ethyl adjacent to an activating group) is 1. The maximum absolute atomic E-state index is 13.0. The van der Waals surface area contributed by atoms with E-state index in [1.165, 1.54) is 6.08 Å². The summed E-state index contributed by atoms with van der Waals surface area (Å²) in [7, 11) is 3.87. The Bertz CT molecular complexity index is 1610. The Morgan fingerprint density at radius 2 is 1.86 bits per heavy atom. The highest BCUT2D eigenvalue weighted by Crippen LogP contribution is 2.27. The lowest BCUT2D eigenvalue weighted by Crippen LogP contribution is -2.43. The van der Waals surface area contributed by atoms with Gasteiger partial charge in [-0.05, 0) is 75.8 Å². The Labute approximate surface area is 251 Å². The van der Waals surface area contributed by atoms with Gasteiger partial charge in [0.05, 0.1) is 6.20 Å². The maximum Gasteiger partial charge on any atom is 0.255 e. The van der Waals surface area contributed by atoms with Crippen LogP contribution >= 0.6 is 0 Å². The van der Waals surface area contributed by atoms with Crippen LogP contribution < -0.4 is 26.6 Å². The third-order valence-corrected chi connectivity index (χ3v) is 7.24. The van der Waals surface area contributed by atoms with Crippen LogP contribution in [0, 0.1) is 0 Å². The van der Waals surface area contributed by atoms with Crippen LogP contribution in [0.2, 0.25) is 0 Å². The smallest absolute Gasteiger partial charge is 0.255 e. The number of piperidine rings is 1. The van der Waals surface area contributed by atoms with Crippen LogP contribution in [0.4, 0.5) is 28.7 Å². The van der Waals surface area contributed by atoms with E-state index in [0.717, 1.165) is 60.9 Å². The number of hydrogen-bond donors (Lipinski definition) is 4. The summed E-state index contributed by atoms with van der Waals surface area (Å²) in [5.41, 5.74) is 10.7. The molecule has 1 aliphatic heterocycles. The molecule has 1 fully saturated rings. The zero-order valence-electron chi connectivity index (χ0n) is 24.9. The molecule has 2 amide bonds. The molecular weight excluding hydrogens is 542 g/mol. The van der Waals surface area contributed by atoms with Crippen LogP contribution in [0.25, 0.3) is 5.65 Å². The van der Waals surface area contributed by atoms with Crippen molar-refractivity contribution in [1.82, 2.24) is 19.5 Å². The van der Waals surface area contributed by atoms with Gasteiger partial charge in [-0.1, -0.05) is 19.1 Å². The average Bonchev–Trinajstić information content (AvgIpc) is 3.41. The molecule has 0 bridgehead atoms. The van der Waals surface area contributed by atoms with Gasteiger partial charge in [0, 0.05) is 66.0 Å². The first kappa shape index (κ1) is 29.7. The van der Waals surface area contributed by atoms with Gasteiger partial charge in [0.25, 0.3) is 5.91 Å². The number of aryl methyl sites for hydroxylation is 1. The Balaban J connectivity index is 1.29. The summed E-state index contributed by atoms with van der Waals surface area (Å²) in [5, 5.41) is 13.8. The summed E-state index contributed by atoms with van der Waals surface area (Å²) < 4.78 is 1.82. The SMILES string of the molecule is CCc1cnn2c(Nc3cccc(NC(=O)c4ccc(NC(=O)C=CCN(C)C)cc4)c3)cc(N3CCCC(N)C3)nc12. The zero-order chi connectivity index (χ0) is 30.3. The van der Waals surface area contributed by atoms with Crippen LogP contribution in [-0.4, -0.2) is 71.1 Å². The molecule has 11 nitrogen and oxygen atoms in total. The second-order valence-electron chi connectivity index (χ2n) is 11.0. The largest absolute Gasteiger partial charge is 0.355 e. The molecule has 4 aromatic rings. The number of carbonyl (C=O) groups is 2. The summed E-state index contributed by atoms with van der Waals surface area (Å²) in [6.45, 7) is 4.44. The maximum atomic E-state index is 13.0. The molecule has 2 aromatic carbocycles. The number of fused-ring (bicyclic) bond motifs is 1. The Morgan fingerprint density at radius 1 is 1.07 bits per heavy atom. The molecule has 2 aromatic heterocycles. The van der Waals surface area contributed by atoms with E-state index in [9.17, 15) is 9.59 Å². The molecule has 43 heavy (non-hydrogen) atoms. The Hall–Kier alpha value is -4.74. The molecule has 1 atom stereocenters. The molecule has 3 heterocycles. The van der Waals surface area contributed by atoms with E-state index in [2.05, 4.69) is 32.9 Å². The van der Waals surface area contributed by atoms with E-state index in [4.69, 9.17) is 10.7 Å². The van der Waals surface area contributed by atoms with Crippen molar-refractivity contribution in [1.29, 1.82) is 0 Å². The molecule has 224 valence electrons. The first-order chi connectivity index (χ1) is 20.8. The van der Waals surface area contributed by atoms with Crippen molar-refractivity contribution in [3.8, 4) is 0 Å². The lowest BCUT2D eigenvalue weighted by atomic mass is 10.1. The first-order valence-corrected chi connectivity index (χ1v) is 14.6. The molecule has 0 radical (unpaired) electrons. The number of carbonyl (C=O) groups excluding carboxylic acids is 2. The summed E-state index contributed by atoms with van der Waals surface area (Å²) >= 11 is 0. The van der Waals surface area contributed by atoms with E-state index in [-0.39, 0.29) is 17.9 Å². The molecule has 11 heteroatoms. The molecule has 0 aliphatic carbocycles. The van der Waals surface area contributed by atoms with Crippen LogP contribution in [-0.2, 0) is 11.2 Å². The van der Waals surface area contributed by atoms with E-state index in [0.29, 0.717) is 23.5 Å². The van der Waals surface area contributed by atoms with E-state index in [1.807, 2.05) is 60.0 Å². The molecule has 5 N–H and O–H groups in total. The standard InChI is InChI=1S/C32H39N9O2/c1-4-22-20-34-41-29(19-28(38-31(22)41)40-17-6-8-24(33)21-40)35-26-9-5-10-27(18-26)37-32(43)23-12-14-25(15-13-23)36-30(42)11-7-16-39(2)3/h5,7,9-15,18-20,24,35H,4,6,8,16-17,21,33H2,1-3H3,(H,36,42)(H,37,43). The van der Waals surface area contributed by atoms with Gasteiger partial charge in [0.15, 0.2) is 5.65 Å². The molecule has 1 aliphatic rings. The lowest BCUT2D eigenvalue weighted by Gasteiger charge is -2.32. The third-order valence-electron chi connectivity index (χ3n) is 7.24. The number of nitrogens with zero attached hydrogens (tertiary/aromatic N) is 5. The number of benzene rings is 2. The molecule has 5 rings (SSSR count). The topological polar surface area (TPSA) is 133 Å². The summed E-state index contributed by atoms with van der Waals surface area (Å²) in [6.07, 6.45) is 8.01. The second kappa shape index (κ2) is 13.5. The van der Waals surface area contributed by atoms with Crippen molar-refractivity contribution in [2.75, 3.05) is 54.6 Å². The van der Waals surface area contributed by atoms with Gasteiger partial charge in [0.2, 0.25) is 5.91 Å². The number of nitrogens with two attached hydrogens (primary N) is 1. The van der Waals surface area contributed by atoms with Gasteiger partial charge in [0.1, 0.15) is 11.6 Å². The van der Waals surface area contributed by atoms with Crippen molar-refractivity contribution in [2.45, 2.75) is 32.2 Å². The summed E-state index contributed by atoms with van der Waals surface area (Å²) in [6, 6.07) is 16.4. The van der Waals surface area contributed by atoms with Gasteiger partial charge in [-0.25, -0.2) is 4.98 Å². The highest BCUT2D eigenvalue weighted by atomic mass is 16.2. The van der Waals surface area contributed by atoms with Crippen molar-refractivity contribution in [3.63, 3.8) is 0 Å². The zero-order valence-corrected chi connectivity index (χ0v) is 24.9. The molecule has 0 spiro atoms. The van der Waals surface area contributed by atoms with Crippen LogP contribution in [0.1, 0.15) is 35.7 Å². The minimum absolute atomic E-state index is 0.129. The predicted octanol–water partition coefficient (Wildman–Crippen LogP) is 4.27. The van der Waals surface area contributed by atoms with Crippen LogP contribution in [0.15, 0.2) is 72.9 Å². The molecule has 0 saturated carbocycles. The molecule has 1 saturated heterocycles. The number of hydrogen-bond acceptors (Lipinski definition) is 8. The molecular formula is C32H39N9O2. The monoisotopic (exact) mass is 581 g/mol. The Morgan fingerprint density at radius 3 is 2.60 bits per heavy atom. The van der Waals surface area contributed by atoms with Crippen LogP contribution in [0.5, 0.6) is 0 Å². The number of amides is 2. The van der Waals surface area contributed by atoms with Crippen molar-refractivity contribution < 1.29 is 9.59 Å². The third kappa shape index (κ3) is 7.56. The second-order valence-corrected chi connectivity index (χ2v) is 11.0. The number of rotatable bonds is 10. The normalized spacial score (nSPS) is 15.3. The first-order valence-electron chi connectivity index (χ1n) is 14.6. The van der Waals surface area contributed by atoms with Crippen molar-refractivity contribution in [3.05, 3.63) is 84.1 Å². The van der Waals surface area contributed by atoms with E-state index >= 15 is 0 Å². The summed E-state index contributed by atoms with van der Waals surface area (Å²) in [4.78, 5) is 34.3. The van der Waals surface area contributed by atoms with Crippen molar-refractivity contribution >= 4 is 46.2 Å². The van der Waals surface area contributed by atoms with Gasteiger partial charge in [-0.15, -0.1) is 0 Å². The average molecular weight is 582 g/mol. The fourth-order valence-electron chi connectivity index (χ4n) is 5.00. The van der Waals surface area contributed by atoms with E-state index < -0.39 is 0 Å². The van der Waals surface area contributed by atoms with Gasteiger partial charge >= 0.3 is 0 Å². The summed E-state index contributed by atoms with van der Waals surface area (Å²) in [5.74, 6) is 1.17. The van der Waals surface area contributed by atoms with Gasteiger partial charge < -0.3 is 31.5 Å². The fraction of sp³-hybridized carbons (Fsp3) is 0.312. The number of nitrogens with one attached hydrogen (secondary N) is 3. The van der Waals surface area contributed by atoms with Gasteiger partial charge in [-0.3, -0.25) is 9.59 Å². The number of aromatic nitrogens is 3. The number of anilines is 5. The van der Waals surface area contributed by atoms with Gasteiger partial charge in [-0.2, -0.15) is 9.61 Å². The highest BCUT2D eigenvalue weighted by molar-refractivity contribution is 6.05. The van der Waals surface area contributed by atoms with Crippen LogP contribution in [0.3, 0.4) is 0 Å². The van der Waals surface area contributed by atoms with E-state index in [1.54, 1.807) is 30.3 Å². The quantitative estimate of drug-likeness (QED) is 0.204. The minimum Gasteiger partial charge on any atom is -0.355 e. The molecule has 1 unspecified atom stereocenters. The lowest BCUT2D eigenvalue weighted by molar-refractivity contribution is -0.111. The fourth-order valence-corrected chi connectivity index (χ4v) is 5.00. The predicted molar refractivity (Wildman–Crippen MR) is 172 cm³/mol. The minimum atomic E-state index is -0.254. The highest BCUT2D eigenvalue weighted by Gasteiger charge is 2.21. The van der Waals surface area contributed by atoms with Crippen molar-refractivity contribution in [2.24, 2.45) is 5.73 Å².